The van der Waals surface area contributed by atoms with Gasteiger partial charge in [-0.3, -0.25) is 0 Å². The molecule has 1 nitrogen and oxygen atoms in total. The lowest BCUT2D eigenvalue weighted by atomic mass is 9.94. The summed E-state index contributed by atoms with van der Waals surface area (Å²) in [5.41, 5.74) is -9.10. The number of aliphatic hydroxyl groups is 1. The van der Waals surface area contributed by atoms with E-state index in [1.165, 1.54) is 0 Å². The molecule has 20 heavy (non-hydrogen) atoms. The van der Waals surface area contributed by atoms with E-state index in [9.17, 15) is 39.5 Å². The molecule has 0 radical (unpaired) electrons. The maximum atomic E-state index is 12.6. The van der Waals surface area contributed by atoms with Crippen molar-refractivity contribution in [1.82, 2.24) is 0 Å². The zero-order valence-corrected chi connectivity index (χ0v) is 9.21. The molecule has 0 aliphatic rings. The van der Waals surface area contributed by atoms with Crippen LogP contribution in [0.4, 0.5) is 39.5 Å². The Balaban J connectivity index is 3.87. The molecule has 10 heteroatoms. The molecule has 0 fully saturated rings. The number of rotatable bonds is 1. The summed E-state index contributed by atoms with van der Waals surface area (Å²) in [6, 6.07) is 0.0322. The average Bonchev–Trinajstić information content (AvgIpc) is 2.23. The number of hydrogen-bond donors (Lipinski definition) is 1. The Kier molecular flexibility index (Phi) is 4.01. The highest BCUT2D eigenvalue weighted by molar-refractivity contribution is 5.46. The Morgan fingerprint density at radius 1 is 0.700 bits per heavy atom. The fourth-order valence-corrected chi connectivity index (χ4v) is 1.63. The first kappa shape index (κ1) is 16.6. The number of alkyl halides is 9. The second-order valence-electron chi connectivity index (χ2n) is 3.67. The minimum atomic E-state index is -5.87. The van der Waals surface area contributed by atoms with E-state index in [2.05, 4.69) is 0 Å². The average molecular weight is 312 g/mol. The van der Waals surface area contributed by atoms with Crippen LogP contribution >= 0.6 is 0 Å². The van der Waals surface area contributed by atoms with Gasteiger partial charge in [0.1, 0.15) is 0 Å². The van der Waals surface area contributed by atoms with Crippen LogP contribution in [-0.2, 0) is 25.1 Å². The standard InChI is InChI=1S/C10H5F9O/c11-8(12,13)5-2-1-4(3-20)6(9(14,15)16)7(5)10(17,18)19/h1-2,20H,3H2. The topological polar surface area (TPSA) is 20.2 Å². The van der Waals surface area contributed by atoms with E-state index in [4.69, 9.17) is 5.11 Å². The maximum absolute atomic E-state index is 12.6. The van der Waals surface area contributed by atoms with Gasteiger partial charge < -0.3 is 5.11 Å². The van der Waals surface area contributed by atoms with Gasteiger partial charge in [0.05, 0.1) is 23.3 Å². The van der Waals surface area contributed by atoms with Crippen LogP contribution in [0.2, 0.25) is 0 Å². The minimum absolute atomic E-state index is 0.135. The number of aliphatic hydroxyl groups excluding tert-OH is 1. The number of hydrogen-bond acceptors (Lipinski definition) is 1. The van der Waals surface area contributed by atoms with E-state index in [1.54, 1.807) is 0 Å². The molecule has 1 aromatic carbocycles. The van der Waals surface area contributed by atoms with E-state index < -0.39 is 47.4 Å². The Bertz CT molecular complexity index is 495. The van der Waals surface area contributed by atoms with Crippen molar-refractivity contribution in [3.05, 3.63) is 34.4 Å². The summed E-state index contributed by atoms with van der Waals surface area (Å²) in [6.07, 6.45) is -17.2. The lowest BCUT2D eigenvalue weighted by Gasteiger charge is -2.22. The van der Waals surface area contributed by atoms with Gasteiger partial charge in [-0.15, -0.1) is 0 Å². The minimum Gasteiger partial charge on any atom is -0.392 e. The van der Waals surface area contributed by atoms with Crippen molar-refractivity contribution in [1.29, 1.82) is 0 Å². The first-order valence-corrected chi connectivity index (χ1v) is 4.78. The van der Waals surface area contributed by atoms with Gasteiger partial charge in [0.2, 0.25) is 0 Å². The van der Waals surface area contributed by atoms with Crippen LogP contribution in [0, 0.1) is 0 Å². The molecule has 0 aliphatic heterocycles. The largest absolute Gasteiger partial charge is 0.417 e. The molecule has 0 bridgehead atoms. The molecule has 0 atom stereocenters. The van der Waals surface area contributed by atoms with Crippen LogP contribution in [-0.4, -0.2) is 5.11 Å². The Labute approximate surface area is 105 Å². The van der Waals surface area contributed by atoms with Gasteiger partial charge in [0.15, 0.2) is 0 Å². The van der Waals surface area contributed by atoms with Crippen LogP contribution in [0.1, 0.15) is 22.3 Å². The summed E-state index contributed by atoms with van der Waals surface area (Å²) < 4.78 is 113. The smallest absolute Gasteiger partial charge is 0.392 e. The summed E-state index contributed by atoms with van der Waals surface area (Å²) in [7, 11) is 0. The predicted octanol–water partition coefficient (Wildman–Crippen LogP) is 4.24. The van der Waals surface area contributed by atoms with E-state index in [0.29, 0.717) is 0 Å². The van der Waals surface area contributed by atoms with Crippen molar-refractivity contribution >= 4 is 0 Å². The summed E-state index contributed by atoms with van der Waals surface area (Å²) in [6.45, 7) is -1.48. The highest BCUT2D eigenvalue weighted by Crippen LogP contribution is 2.47. The number of benzene rings is 1. The molecular weight excluding hydrogens is 307 g/mol. The molecule has 0 heterocycles. The van der Waals surface area contributed by atoms with E-state index in [1.807, 2.05) is 0 Å². The van der Waals surface area contributed by atoms with Crippen molar-refractivity contribution in [3.63, 3.8) is 0 Å². The number of halogens is 9. The SMILES string of the molecule is OCc1ccc(C(F)(F)F)c(C(F)(F)F)c1C(F)(F)F. The third kappa shape index (κ3) is 3.17. The first-order valence-electron chi connectivity index (χ1n) is 4.78. The molecule has 0 saturated heterocycles. The van der Waals surface area contributed by atoms with Gasteiger partial charge in [0, 0.05) is 0 Å². The van der Waals surface area contributed by atoms with Gasteiger partial charge >= 0.3 is 18.5 Å². The Morgan fingerprint density at radius 3 is 1.45 bits per heavy atom. The van der Waals surface area contributed by atoms with Crippen LogP contribution in [0.5, 0.6) is 0 Å². The maximum Gasteiger partial charge on any atom is 0.417 e. The zero-order chi connectivity index (χ0) is 15.9. The van der Waals surface area contributed by atoms with Crippen LogP contribution in [0.3, 0.4) is 0 Å². The lowest BCUT2D eigenvalue weighted by Crippen LogP contribution is -2.24. The van der Waals surface area contributed by atoms with Crippen molar-refractivity contribution in [2.45, 2.75) is 25.1 Å². The molecule has 0 spiro atoms. The highest BCUT2D eigenvalue weighted by atomic mass is 19.4. The summed E-state index contributed by atoms with van der Waals surface area (Å²) in [4.78, 5) is 0. The van der Waals surface area contributed by atoms with Crippen LogP contribution < -0.4 is 0 Å². The van der Waals surface area contributed by atoms with Gasteiger partial charge in [-0.2, -0.15) is 39.5 Å². The first-order chi connectivity index (χ1) is 8.80. The van der Waals surface area contributed by atoms with Gasteiger partial charge in [-0.25, -0.2) is 0 Å². The quantitative estimate of drug-likeness (QED) is 0.769. The Hall–Kier alpha value is -1.45. The van der Waals surface area contributed by atoms with Gasteiger partial charge in [-0.1, -0.05) is 6.07 Å². The monoisotopic (exact) mass is 312 g/mol. The molecule has 0 aliphatic carbocycles. The van der Waals surface area contributed by atoms with Crippen LogP contribution in [0.25, 0.3) is 0 Å². The molecule has 0 unspecified atom stereocenters. The van der Waals surface area contributed by atoms with E-state index in [-0.39, 0.29) is 12.1 Å². The van der Waals surface area contributed by atoms with Crippen molar-refractivity contribution in [2.75, 3.05) is 0 Å². The summed E-state index contributed by atoms with van der Waals surface area (Å²) >= 11 is 0. The van der Waals surface area contributed by atoms with E-state index in [0.717, 1.165) is 0 Å². The molecule has 1 aromatic rings. The zero-order valence-electron chi connectivity index (χ0n) is 9.21. The van der Waals surface area contributed by atoms with Crippen molar-refractivity contribution in [2.24, 2.45) is 0 Å². The molecular formula is C10H5F9O. The second kappa shape index (κ2) is 4.83. The van der Waals surface area contributed by atoms with Crippen LogP contribution in [0.15, 0.2) is 12.1 Å². The molecule has 0 amide bonds. The van der Waals surface area contributed by atoms with E-state index >= 15 is 0 Å². The third-order valence-electron chi connectivity index (χ3n) is 2.33. The lowest BCUT2D eigenvalue weighted by molar-refractivity contribution is -0.175. The van der Waals surface area contributed by atoms with Crippen molar-refractivity contribution in [3.8, 4) is 0 Å². The van der Waals surface area contributed by atoms with Crippen molar-refractivity contribution < 1.29 is 44.6 Å². The molecule has 1 rings (SSSR count). The summed E-state index contributed by atoms with van der Waals surface area (Å²) in [5, 5.41) is 8.62. The molecule has 114 valence electrons. The Morgan fingerprint density at radius 2 is 1.15 bits per heavy atom. The normalized spacial score (nSPS) is 13.7. The molecule has 0 aromatic heterocycles. The second-order valence-corrected chi connectivity index (χ2v) is 3.67. The third-order valence-corrected chi connectivity index (χ3v) is 2.33. The molecule has 1 N–H and O–H groups in total. The van der Waals surface area contributed by atoms with Gasteiger partial charge in [-0.05, 0) is 11.6 Å². The molecule has 0 saturated carbocycles. The summed E-state index contributed by atoms with van der Waals surface area (Å²) in [5.74, 6) is 0. The van der Waals surface area contributed by atoms with Gasteiger partial charge in [0.25, 0.3) is 0 Å². The fourth-order valence-electron chi connectivity index (χ4n) is 1.63. The fraction of sp³-hybridized carbons (Fsp3) is 0.400. The highest BCUT2D eigenvalue weighted by Gasteiger charge is 2.51. The predicted molar refractivity (Wildman–Crippen MR) is 47.4 cm³/mol.